The summed E-state index contributed by atoms with van der Waals surface area (Å²) < 4.78 is 5.81. The highest BCUT2D eigenvalue weighted by molar-refractivity contribution is 7.10. The molecule has 0 aliphatic carbocycles. The van der Waals surface area contributed by atoms with Crippen molar-refractivity contribution in [1.82, 2.24) is 4.90 Å². The third-order valence-electron chi connectivity index (χ3n) is 4.94. The summed E-state index contributed by atoms with van der Waals surface area (Å²) in [6.07, 6.45) is 0.921. The lowest BCUT2D eigenvalue weighted by molar-refractivity contribution is -0.135. The summed E-state index contributed by atoms with van der Waals surface area (Å²) in [6.45, 7) is 4.94. The van der Waals surface area contributed by atoms with Crippen LogP contribution < -0.4 is 4.74 Å². The van der Waals surface area contributed by atoms with Crippen molar-refractivity contribution in [2.24, 2.45) is 0 Å². The molecule has 3 heterocycles. The number of fused-ring (bicyclic) bond motifs is 1. The molecule has 0 radical (unpaired) electrons. The van der Waals surface area contributed by atoms with Crippen molar-refractivity contribution >= 4 is 28.6 Å². The number of aryl methyl sites for hydroxylation is 2. The molecule has 1 aliphatic rings. The van der Waals surface area contributed by atoms with Gasteiger partial charge in [-0.2, -0.15) is 0 Å². The number of nitrogens with zero attached hydrogens (tertiary/aromatic N) is 1. The molecule has 1 amide bonds. The Labute approximate surface area is 161 Å². The van der Waals surface area contributed by atoms with Gasteiger partial charge >= 0.3 is 0 Å². The highest BCUT2D eigenvalue weighted by Crippen LogP contribution is 2.39. The standard InChI is InChI=1S/C21H21NO2S2/c1-14-5-6-16(12-15(14)2)24-13-20(23)22-9-7-18-17(8-11-26-18)21(22)19-4-3-10-25-19/h3-6,8,10-12,21H,7,9,13H2,1-2H3/t21-/m0/s1. The maximum atomic E-state index is 13.0. The van der Waals surface area contributed by atoms with Crippen LogP contribution in [0.4, 0.5) is 0 Å². The van der Waals surface area contributed by atoms with Crippen LogP contribution in [0.25, 0.3) is 0 Å². The van der Waals surface area contributed by atoms with Crippen molar-refractivity contribution in [1.29, 1.82) is 0 Å². The number of amides is 1. The molecule has 0 fully saturated rings. The minimum absolute atomic E-state index is 0.0147. The second kappa shape index (κ2) is 7.25. The first kappa shape index (κ1) is 17.3. The molecule has 26 heavy (non-hydrogen) atoms. The van der Waals surface area contributed by atoms with E-state index in [0.717, 1.165) is 18.7 Å². The predicted octanol–water partition coefficient (Wildman–Crippen LogP) is 4.98. The molecule has 134 valence electrons. The quantitative estimate of drug-likeness (QED) is 0.636. The molecule has 0 spiro atoms. The van der Waals surface area contributed by atoms with Crippen LogP contribution >= 0.6 is 22.7 Å². The number of carbonyl (C=O) groups excluding carboxylic acids is 1. The lowest BCUT2D eigenvalue weighted by atomic mass is 9.98. The van der Waals surface area contributed by atoms with Crippen molar-refractivity contribution in [2.45, 2.75) is 26.3 Å². The van der Waals surface area contributed by atoms with Gasteiger partial charge in [0.15, 0.2) is 6.61 Å². The van der Waals surface area contributed by atoms with Gasteiger partial charge in [0.2, 0.25) is 0 Å². The van der Waals surface area contributed by atoms with Crippen LogP contribution in [0.15, 0.2) is 47.2 Å². The second-order valence-electron chi connectivity index (χ2n) is 6.59. The summed E-state index contributed by atoms with van der Waals surface area (Å²) in [6, 6.07) is 12.3. The number of carbonyl (C=O) groups is 1. The highest BCUT2D eigenvalue weighted by Gasteiger charge is 2.33. The SMILES string of the molecule is Cc1ccc(OCC(=O)N2CCc3sccc3[C@H]2c2cccs2)cc1C. The van der Waals surface area contributed by atoms with Gasteiger partial charge in [-0.15, -0.1) is 22.7 Å². The van der Waals surface area contributed by atoms with E-state index in [0.29, 0.717) is 0 Å². The second-order valence-corrected chi connectivity index (χ2v) is 8.57. The van der Waals surface area contributed by atoms with Crippen molar-refractivity contribution in [3.63, 3.8) is 0 Å². The van der Waals surface area contributed by atoms with Gasteiger partial charge in [-0.05, 0) is 72.0 Å². The summed E-state index contributed by atoms with van der Waals surface area (Å²) in [5.74, 6) is 0.792. The number of hydrogen-bond donors (Lipinski definition) is 0. The highest BCUT2D eigenvalue weighted by atomic mass is 32.1. The van der Waals surface area contributed by atoms with Gasteiger partial charge in [-0.1, -0.05) is 12.1 Å². The largest absolute Gasteiger partial charge is 0.484 e. The van der Waals surface area contributed by atoms with Gasteiger partial charge in [-0.25, -0.2) is 0 Å². The Morgan fingerprint density at radius 1 is 1.15 bits per heavy atom. The average molecular weight is 384 g/mol. The molecule has 1 atom stereocenters. The zero-order valence-electron chi connectivity index (χ0n) is 14.9. The molecule has 0 unspecified atom stereocenters. The zero-order valence-corrected chi connectivity index (χ0v) is 16.5. The minimum atomic E-state index is 0.0147. The predicted molar refractivity (Wildman–Crippen MR) is 107 cm³/mol. The number of hydrogen-bond acceptors (Lipinski definition) is 4. The van der Waals surface area contributed by atoms with E-state index in [9.17, 15) is 4.79 Å². The molecule has 3 aromatic rings. The van der Waals surface area contributed by atoms with Crippen LogP contribution in [0, 0.1) is 13.8 Å². The van der Waals surface area contributed by atoms with E-state index in [1.54, 1.807) is 22.7 Å². The smallest absolute Gasteiger partial charge is 0.261 e. The van der Waals surface area contributed by atoms with E-state index in [1.807, 2.05) is 23.1 Å². The minimum Gasteiger partial charge on any atom is -0.484 e. The fraction of sp³-hybridized carbons (Fsp3) is 0.286. The van der Waals surface area contributed by atoms with Gasteiger partial charge in [0.1, 0.15) is 5.75 Å². The van der Waals surface area contributed by atoms with Crippen molar-refractivity contribution in [3.05, 3.63) is 73.6 Å². The molecule has 1 aliphatic heterocycles. The van der Waals surface area contributed by atoms with Crippen LogP contribution in [0.3, 0.4) is 0 Å². The monoisotopic (exact) mass is 383 g/mol. The van der Waals surface area contributed by atoms with E-state index in [-0.39, 0.29) is 18.6 Å². The summed E-state index contributed by atoms with van der Waals surface area (Å²) in [5.41, 5.74) is 3.66. The summed E-state index contributed by atoms with van der Waals surface area (Å²) in [4.78, 5) is 17.5. The summed E-state index contributed by atoms with van der Waals surface area (Å²) in [5, 5.41) is 4.20. The Hall–Kier alpha value is -2.11. The van der Waals surface area contributed by atoms with Gasteiger partial charge in [-0.3, -0.25) is 4.79 Å². The van der Waals surface area contributed by atoms with Crippen molar-refractivity contribution in [3.8, 4) is 5.75 Å². The summed E-state index contributed by atoms with van der Waals surface area (Å²) in [7, 11) is 0. The number of ether oxygens (including phenoxy) is 1. The maximum Gasteiger partial charge on any atom is 0.261 e. The van der Waals surface area contributed by atoms with Crippen LogP contribution in [-0.2, 0) is 11.2 Å². The molecule has 5 heteroatoms. The molecule has 4 rings (SSSR count). The van der Waals surface area contributed by atoms with Crippen molar-refractivity contribution in [2.75, 3.05) is 13.2 Å². The van der Waals surface area contributed by atoms with E-state index < -0.39 is 0 Å². The molecule has 3 nitrogen and oxygen atoms in total. The molecule has 2 aromatic heterocycles. The van der Waals surface area contributed by atoms with Gasteiger partial charge < -0.3 is 9.64 Å². The van der Waals surface area contributed by atoms with Crippen LogP contribution in [0.2, 0.25) is 0 Å². The van der Waals surface area contributed by atoms with Gasteiger partial charge in [0.05, 0.1) is 6.04 Å². The Morgan fingerprint density at radius 3 is 2.81 bits per heavy atom. The first-order valence-corrected chi connectivity index (χ1v) is 10.5. The number of rotatable bonds is 4. The van der Waals surface area contributed by atoms with Gasteiger partial charge in [0.25, 0.3) is 5.91 Å². The van der Waals surface area contributed by atoms with E-state index in [2.05, 4.69) is 42.8 Å². The molecule has 0 bridgehead atoms. The first-order valence-electron chi connectivity index (χ1n) is 8.72. The fourth-order valence-corrected chi connectivity index (χ4v) is 5.13. The maximum absolute atomic E-state index is 13.0. The van der Waals surface area contributed by atoms with E-state index >= 15 is 0 Å². The third kappa shape index (κ3) is 3.29. The van der Waals surface area contributed by atoms with E-state index in [1.165, 1.54) is 26.4 Å². The van der Waals surface area contributed by atoms with Crippen LogP contribution in [0.5, 0.6) is 5.75 Å². The summed E-state index contributed by atoms with van der Waals surface area (Å²) >= 11 is 3.49. The molecule has 0 saturated carbocycles. The average Bonchev–Trinajstić information content (AvgIpc) is 3.33. The van der Waals surface area contributed by atoms with E-state index in [4.69, 9.17) is 4.74 Å². The lowest BCUT2D eigenvalue weighted by Crippen LogP contribution is -2.42. The fourth-order valence-electron chi connectivity index (χ4n) is 3.37. The normalized spacial score (nSPS) is 16.4. The molecule has 1 aromatic carbocycles. The van der Waals surface area contributed by atoms with Crippen molar-refractivity contribution < 1.29 is 9.53 Å². The Morgan fingerprint density at radius 2 is 2.04 bits per heavy atom. The Kier molecular flexibility index (Phi) is 4.83. The van der Waals surface area contributed by atoms with Crippen LogP contribution in [0.1, 0.15) is 32.5 Å². The zero-order chi connectivity index (χ0) is 18.1. The van der Waals surface area contributed by atoms with Gasteiger partial charge in [0, 0.05) is 16.3 Å². The Balaban J connectivity index is 1.53. The number of benzene rings is 1. The lowest BCUT2D eigenvalue weighted by Gasteiger charge is -2.35. The topological polar surface area (TPSA) is 29.5 Å². The molecular weight excluding hydrogens is 362 g/mol. The van der Waals surface area contributed by atoms with Crippen LogP contribution in [-0.4, -0.2) is 24.0 Å². The molecule has 0 saturated heterocycles. The number of thiophene rings is 2. The molecule has 0 N–H and O–H groups in total. The molecular formula is C21H21NO2S2. The first-order chi connectivity index (χ1) is 12.6. The Bertz CT molecular complexity index is 914. The third-order valence-corrected chi connectivity index (χ3v) is 6.86.